The Morgan fingerprint density at radius 2 is 1.79 bits per heavy atom. The van der Waals surface area contributed by atoms with Crippen molar-refractivity contribution in [1.82, 2.24) is 5.32 Å². The van der Waals surface area contributed by atoms with Crippen molar-refractivity contribution in [3.63, 3.8) is 0 Å². The molecule has 2 fully saturated rings. The summed E-state index contributed by atoms with van der Waals surface area (Å²) in [6.45, 7) is 1.93. The predicted molar refractivity (Wildman–Crippen MR) is 104 cm³/mol. The Hall–Kier alpha value is -2.29. The minimum Gasteiger partial charge on any atom is -0.388 e. The van der Waals surface area contributed by atoms with Crippen LogP contribution in [0, 0.1) is 0 Å². The molecule has 4 rings (SSSR count). The molecule has 154 valence electrons. The molecule has 0 aromatic heterocycles. The van der Waals surface area contributed by atoms with Gasteiger partial charge in [0, 0.05) is 12.5 Å². The number of ether oxygens (including phenoxy) is 4. The molecular weight excluding hydrogens is 374 g/mol. The zero-order valence-corrected chi connectivity index (χ0v) is 16.1. The van der Waals surface area contributed by atoms with E-state index in [0.29, 0.717) is 6.61 Å². The number of rotatable bonds is 5. The maximum absolute atomic E-state index is 11.7. The Bertz CT molecular complexity index is 801. The van der Waals surface area contributed by atoms with Crippen LogP contribution in [0.2, 0.25) is 0 Å². The van der Waals surface area contributed by atoms with Gasteiger partial charge in [0.15, 0.2) is 12.6 Å². The number of carbonyl (C=O) groups is 1. The molecule has 0 saturated carbocycles. The zero-order valence-electron chi connectivity index (χ0n) is 16.1. The SMILES string of the molecule is CC(=O)N[C@H]1[C@H](OCc2ccccc2)O[C@@H]2CO[C@@H](c3ccccc3)O[C@H]2[C@@H]1O. The molecule has 2 heterocycles. The fourth-order valence-electron chi connectivity index (χ4n) is 3.65. The van der Waals surface area contributed by atoms with Gasteiger partial charge in [0.2, 0.25) is 5.91 Å². The normalized spacial score (nSPS) is 31.7. The molecular formula is C22H25NO6. The van der Waals surface area contributed by atoms with Crippen LogP contribution in [0.5, 0.6) is 0 Å². The molecule has 0 bridgehead atoms. The highest BCUT2D eigenvalue weighted by atomic mass is 16.7. The highest BCUT2D eigenvalue weighted by Crippen LogP contribution is 2.34. The van der Waals surface area contributed by atoms with E-state index in [1.54, 1.807) is 0 Å². The van der Waals surface area contributed by atoms with Crippen molar-refractivity contribution >= 4 is 5.91 Å². The van der Waals surface area contributed by atoms with Gasteiger partial charge < -0.3 is 29.4 Å². The van der Waals surface area contributed by atoms with Gasteiger partial charge in [-0.15, -0.1) is 0 Å². The lowest BCUT2D eigenvalue weighted by Crippen LogP contribution is -2.66. The molecule has 2 N–H and O–H groups in total. The third kappa shape index (κ3) is 4.66. The third-order valence-electron chi connectivity index (χ3n) is 5.06. The van der Waals surface area contributed by atoms with E-state index in [2.05, 4.69) is 5.32 Å². The lowest BCUT2D eigenvalue weighted by molar-refractivity contribution is -0.345. The smallest absolute Gasteiger partial charge is 0.217 e. The Morgan fingerprint density at radius 1 is 1.10 bits per heavy atom. The van der Waals surface area contributed by atoms with E-state index in [9.17, 15) is 9.90 Å². The summed E-state index contributed by atoms with van der Waals surface area (Å²) in [6.07, 6.45) is -3.59. The average molecular weight is 399 g/mol. The van der Waals surface area contributed by atoms with Crippen molar-refractivity contribution in [3.05, 3.63) is 71.8 Å². The fourth-order valence-corrected chi connectivity index (χ4v) is 3.65. The number of hydrogen-bond acceptors (Lipinski definition) is 6. The van der Waals surface area contributed by atoms with Gasteiger partial charge >= 0.3 is 0 Å². The van der Waals surface area contributed by atoms with Crippen molar-refractivity contribution < 1.29 is 28.8 Å². The maximum Gasteiger partial charge on any atom is 0.217 e. The summed E-state index contributed by atoms with van der Waals surface area (Å²) in [7, 11) is 0. The van der Waals surface area contributed by atoms with Crippen LogP contribution in [0.1, 0.15) is 24.3 Å². The summed E-state index contributed by atoms with van der Waals surface area (Å²) < 4.78 is 23.8. The predicted octanol–water partition coefficient (Wildman–Crippen LogP) is 1.91. The van der Waals surface area contributed by atoms with Gasteiger partial charge in [-0.25, -0.2) is 0 Å². The first-order valence-corrected chi connectivity index (χ1v) is 9.70. The van der Waals surface area contributed by atoms with Gasteiger partial charge in [0.25, 0.3) is 0 Å². The van der Waals surface area contributed by atoms with Gasteiger partial charge in [0.05, 0.1) is 13.2 Å². The Balaban J connectivity index is 1.48. The zero-order chi connectivity index (χ0) is 20.2. The van der Waals surface area contributed by atoms with Crippen molar-refractivity contribution in [3.8, 4) is 0 Å². The Labute approximate surface area is 169 Å². The molecule has 2 saturated heterocycles. The summed E-state index contributed by atoms with van der Waals surface area (Å²) in [5.41, 5.74) is 1.83. The van der Waals surface area contributed by atoms with Crippen LogP contribution in [0.15, 0.2) is 60.7 Å². The van der Waals surface area contributed by atoms with Crippen LogP contribution >= 0.6 is 0 Å². The van der Waals surface area contributed by atoms with E-state index in [1.807, 2.05) is 60.7 Å². The van der Waals surface area contributed by atoms with Crippen molar-refractivity contribution in [2.45, 2.75) is 50.5 Å². The summed E-state index contributed by atoms with van der Waals surface area (Å²) in [4.78, 5) is 11.7. The molecule has 2 aromatic rings. The minimum atomic E-state index is -1.01. The number of aliphatic hydroxyl groups is 1. The Kier molecular flexibility index (Phi) is 6.22. The van der Waals surface area contributed by atoms with E-state index in [-0.39, 0.29) is 12.5 Å². The van der Waals surface area contributed by atoms with Crippen LogP contribution in [0.4, 0.5) is 0 Å². The molecule has 2 aliphatic heterocycles. The van der Waals surface area contributed by atoms with Gasteiger partial charge in [-0.2, -0.15) is 0 Å². The lowest BCUT2D eigenvalue weighted by Gasteiger charge is -2.47. The first-order chi connectivity index (χ1) is 14.1. The first kappa shape index (κ1) is 20.0. The molecule has 7 heteroatoms. The quantitative estimate of drug-likeness (QED) is 0.799. The van der Waals surface area contributed by atoms with Crippen LogP contribution in [0.25, 0.3) is 0 Å². The Morgan fingerprint density at radius 3 is 2.48 bits per heavy atom. The highest BCUT2D eigenvalue weighted by Gasteiger charge is 2.50. The highest BCUT2D eigenvalue weighted by molar-refractivity contribution is 5.73. The summed E-state index contributed by atoms with van der Waals surface area (Å²) in [5, 5.41) is 13.7. The fraction of sp³-hybridized carbons (Fsp3) is 0.409. The molecule has 29 heavy (non-hydrogen) atoms. The van der Waals surface area contributed by atoms with Crippen LogP contribution in [-0.4, -0.2) is 48.3 Å². The number of fused-ring (bicyclic) bond motifs is 1. The summed E-state index contributed by atoms with van der Waals surface area (Å²) in [5.74, 6) is -0.281. The van der Waals surface area contributed by atoms with E-state index >= 15 is 0 Å². The van der Waals surface area contributed by atoms with Gasteiger partial charge in [-0.05, 0) is 5.56 Å². The van der Waals surface area contributed by atoms with E-state index < -0.39 is 36.9 Å². The number of benzene rings is 2. The standard InChI is InChI=1S/C22H25NO6/c1-14(24)23-18-19(25)20-17(13-27-21(29-20)16-10-6-3-7-11-16)28-22(18)26-12-15-8-4-2-5-9-15/h2-11,17-22,25H,12-13H2,1H3,(H,23,24)/t17-,18-,19-,20-,21-,22-/m1/s1. The van der Waals surface area contributed by atoms with Crippen molar-refractivity contribution in [1.29, 1.82) is 0 Å². The second kappa shape index (κ2) is 9.02. The molecule has 0 unspecified atom stereocenters. The number of nitrogens with one attached hydrogen (secondary N) is 1. The average Bonchev–Trinajstić information content (AvgIpc) is 2.75. The molecule has 1 amide bonds. The van der Waals surface area contributed by atoms with Crippen molar-refractivity contribution in [2.24, 2.45) is 0 Å². The maximum atomic E-state index is 11.7. The molecule has 2 aromatic carbocycles. The second-order valence-electron chi connectivity index (χ2n) is 7.23. The minimum absolute atomic E-state index is 0.249. The molecule has 0 radical (unpaired) electrons. The number of hydrogen-bond donors (Lipinski definition) is 2. The van der Waals surface area contributed by atoms with E-state index in [4.69, 9.17) is 18.9 Å². The van der Waals surface area contributed by atoms with Gasteiger partial charge in [0.1, 0.15) is 24.4 Å². The number of amides is 1. The van der Waals surface area contributed by atoms with E-state index in [1.165, 1.54) is 6.92 Å². The second-order valence-corrected chi connectivity index (χ2v) is 7.23. The van der Waals surface area contributed by atoms with Crippen LogP contribution < -0.4 is 5.32 Å². The first-order valence-electron chi connectivity index (χ1n) is 9.70. The third-order valence-corrected chi connectivity index (χ3v) is 5.06. The summed E-state index contributed by atoms with van der Waals surface area (Å²) >= 11 is 0. The molecule has 0 spiro atoms. The molecule has 0 aliphatic carbocycles. The largest absolute Gasteiger partial charge is 0.388 e. The molecule has 6 atom stereocenters. The molecule has 2 aliphatic rings. The molecule has 7 nitrogen and oxygen atoms in total. The topological polar surface area (TPSA) is 86.3 Å². The van der Waals surface area contributed by atoms with E-state index in [0.717, 1.165) is 11.1 Å². The van der Waals surface area contributed by atoms with Gasteiger partial charge in [-0.1, -0.05) is 60.7 Å². The van der Waals surface area contributed by atoms with Crippen molar-refractivity contribution in [2.75, 3.05) is 6.61 Å². The van der Waals surface area contributed by atoms with Crippen LogP contribution in [0.3, 0.4) is 0 Å². The number of aliphatic hydroxyl groups excluding tert-OH is 1. The monoisotopic (exact) mass is 399 g/mol. The van der Waals surface area contributed by atoms with Gasteiger partial charge in [-0.3, -0.25) is 4.79 Å². The van der Waals surface area contributed by atoms with Crippen LogP contribution in [-0.2, 0) is 30.3 Å². The lowest BCUT2D eigenvalue weighted by atomic mass is 9.95. The summed E-state index contributed by atoms with van der Waals surface area (Å²) in [6, 6.07) is 18.4. The number of carbonyl (C=O) groups excluding carboxylic acids is 1.